The Kier molecular flexibility index (Phi) is 4.89. The van der Waals surface area contributed by atoms with Crippen molar-refractivity contribution in [1.29, 1.82) is 0 Å². The second kappa shape index (κ2) is 7.09. The molecule has 1 atom stereocenters. The first-order valence-corrected chi connectivity index (χ1v) is 8.54. The van der Waals surface area contributed by atoms with Gasteiger partial charge >= 0.3 is 0 Å². The lowest BCUT2D eigenvalue weighted by Gasteiger charge is -2.34. The molecule has 2 aromatic rings. The summed E-state index contributed by atoms with van der Waals surface area (Å²) in [7, 11) is 0. The van der Waals surface area contributed by atoms with E-state index in [0.29, 0.717) is 17.8 Å². The molecule has 3 rings (SSSR count). The number of carbonyl (C=O) groups is 2. The van der Waals surface area contributed by atoms with E-state index in [9.17, 15) is 18.4 Å². The highest BCUT2D eigenvalue weighted by molar-refractivity contribution is 7.12. The van der Waals surface area contributed by atoms with Crippen LogP contribution in [0.15, 0.2) is 35.7 Å². The van der Waals surface area contributed by atoms with Crippen LogP contribution >= 0.6 is 11.3 Å². The Morgan fingerprint density at radius 3 is 2.71 bits per heavy atom. The van der Waals surface area contributed by atoms with Crippen LogP contribution in [0.4, 0.5) is 14.5 Å². The van der Waals surface area contributed by atoms with Crippen molar-refractivity contribution < 1.29 is 18.4 Å². The topological polar surface area (TPSA) is 49.4 Å². The molecule has 0 bridgehead atoms. The molecule has 1 saturated heterocycles. The molecule has 1 aromatic carbocycles. The highest BCUT2D eigenvalue weighted by Crippen LogP contribution is 2.23. The van der Waals surface area contributed by atoms with Crippen LogP contribution in [-0.4, -0.2) is 29.3 Å². The maximum absolute atomic E-state index is 13.3. The SMILES string of the molecule is O=C(Nc1ccc(F)c(F)c1)[C@@H]1CCCCN1C(=O)c1cccs1. The third-order valence-corrected chi connectivity index (χ3v) is 4.84. The number of carbonyl (C=O) groups excluding carboxylic acids is 2. The van der Waals surface area contributed by atoms with Crippen molar-refractivity contribution in [2.75, 3.05) is 11.9 Å². The third-order valence-electron chi connectivity index (χ3n) is 3.99. The summed E-state index contributed by atoms with van der Waals surface area (Å²) < 4.78 is 26.2. The van der Waals surface area contributed by atoms with E-state index < -0.39 is 17.7 Å². The van der Waals surface area contributed by atoms with Crippen molar-refractivity contribution >= 4 is 28.8 Å². The molecular weight excluding hydrogens is 334 g/mol. The van der Waals surface area contributed by atoms with Crippen molar-refractivity contribution in [1.82, 2.24) is 4.90 Å². The molecule has 7 heteroatoms. The summed E-state index contributed by atoms with van der Waals surface area (Å²) in [6.45, 7) is 0.507. The fourth-order valence-electron chi connectivity index (χ4n) is 2.79. The number of amides is 2. The lowest BCUT2D eigenvalue weighted by Crippen LogP contribution is -2.49. The van der Waals surface area contributed by atoms with Crippen molar-refractivity contribution in [3.05, 3.63) is 52.2 Å². The van der Waals surface area contributed by atoms with E-state index in [4.69, 9.17) is 0 Å². The van der Waals surface area contributed by atoms with E-state index in [1.807, 2.05) is 5.38 Å². The van der Waals surface area contributed by atoms with Crippen LogP contribution in [-0.2, 0) is 4.79 Å². The monoisotopic (exact) mass is 350 g/mol. The number of thiophene rings is 1. The lowest BCUT2D eigenvalue weighted by molar-refractivity contribution is -0.121. The summed E-state index contributed by atoms with van der Waals surface area (Å²) in [6.07, 6.45) is 2.22. The lowest BCUT2D eigenvalue weighted by atomic mass is 10.0. The van der Waals surface area contributed by atoms with Gasteiger partial charge in [0.25, 0.3) is 5.91 Å². The fourth-order valence-corrected chi connectivity index (χ4v) is 3.47. The molecule has 0 unspecified atom stereocenters. The molecular formula is C17H16F2N2O2S. The standard InChI is InChI=1S/C17H16F2N2O2S/c18-12-7-6-11(10-13(12)19)20-16(22)14-4-1-2-8-21(14)17(23)15-5-3-9-24-15/h3,5-7,9-10,14H,1-2,4,8H2,(H,20,22)/t14-/m0/s1. The number of rotatable bonds is 3. The summed E-state index contributed by atoms with van der Waals surface area (Å²) >= 11 is 1.33. The summed E-state index contributed by atoms with van der Waals surface area (Å²) in [5.74, 6) is -2.55. The molecule has 2 heterocycles. The maximum atomic E-state index is 13.3. The van der Waals surface area contributed by atoms with Crippen LogP contribution in [0.25, 0.3) is 0 Å². The van der Waals surface area contributed by atoms with Gasteiger partial charge in [-0.1, -0.05) is 6.07 Å². The molecule has 4 nitrogen and oxygen atoms in total. The van der Waals surface area contributed by atoms with Crippen LogP contribution in [0.2, 0.25) is 0 Å². The third kappa shape index (κ3) is 3.46. The number of benzene rings is 1. The van der Waals surface area contributed by atoms with Crippen LogP contribution in [0.1, 0.15) is 28.9 Å². The average Bonchev–Trinajstić information content (AvgIpc) is 3.12. The largest absolute Gasteiger partial charge is 0.326 e. The first kappa shape index (κ1) is 16.6. The van der Waals surface area contributed by atoms with Crippen LogP contribution in [0.5, 0.6) is 0 Å². The van der Waals surface area contributed by atoms with Gasteiger partial charge in [0, 0.05) is 18.3 Å². The summed E-state index contributed by atoms with van der Waals surface area (Å²) in [5, 5.41) is 4.39. The number of nitrogens with zero attached hydrogens (tertiary/aromatic N) is 1. The van der Waals surface area contributed by atoms with Gasteiger partial charge in [0.05, 0.1) is 4.88 Å². The van der Waals surface area contributed by atoms with E-state index >= 15 is 0 Å². The molecule has 0 radical (unpaired) electrons. The molecule has 0 saturated carbocycles. The van der Waals surface area contributed by atoms with Gasteiger partial charge in [0.1, 0.15) is 6.04 Å². The normalized spacial score (nSPS) is 17.6. The Morgan fingerprint density at radius 2 is 2.00 bits per heavy atom. The quantitative estimate of drug-likeness (QED) is 0.918. The molecule has 2 amide bonds. The molecule has 0 spiro atoms. The highest BCUT2D eigenvalue weighted by atomic mass is 32.1. The van der Waals surface area contributed by atoms with E-state index in [1.54, 1.807) is 17.0 Å². The van der Waals surface area contributed by atoms with Crippen molar-refractivity contribution in [3.8, 4) is 0 Å². The number of nitrogens with one attached hydrogen (secondary N) is 1. The number of hydrogen-bond acceptors (Lipinski definition) is 3. The highest BCUT2D eigenvalue weighted by Gasteiger charge is 2.33. The minimum atomic E-state index is -1.03. The Morgan fingerprint density at radius 1 is 1.17 bits per heavy atom. The van der Waals surface area contributed by atoms with Gasteiger partial charge in [0.2, 0.25) is 5.91 Å². The van der Waals surface area contributed by atoms with Crippen molar-refractivity contribution in [3.63, 3.8) is 0 Å². The summed E-state index contributed by atoms with van der Waals surface area (Å²) in [5.41, 5.74) is 0.174. The van der Waals surface area contributed by atoms with Gasteiger partial charge in [-0.05, 0) is 42.8 Å². The van der Waals surface area contributed by atoms with Crippen LogP contribution in [0, 0.1) is 11.6 Å². The van der Waals surface area contributed by atoms with Crippen LogP contribution < -0.4 is 5.32 Å². The van der Waals surface area contributed by atoms with Gasteiger partial charge in [-0.3, -0.25) is 9.59 Å². The van der Waals surface area contributed by atoms with Crippen molar-refractivity contribution in [2.24, 2.45) is 0 Å². The fraction of sp³-hybridized carbons (Fsp3) is 0.294. The number of hydrogen-bond donors (Lipinski definition) is 1. The minimum Gasteiger partial charge on any atom is -0.326 e. The van der Waals surface area contributed by atoms with Gasteiger partial charge in [-0.25, -0.2) is 8.78 Å². The Hall–Kier alpha value is -2.28. The van der Waals surface area contributed by atoms with Gasteiger partial charge < -0.3 is 10.2 Å². The molecule has 0 aliphatic carbocycles. The molecule has 24 heavy (non-hydrogen) atoms. The molecule has 1 fully saturated rings. The molecule has 1 N–H and O–H groups in total. The minimum absolute atomic E-state index is 0.171. The number of halogens is 2. The van der Waals surface area contributed by atoms with Crippen molar-refractivity contribution in [2.45, 2.75) is 25.3 Å². The van der Waals surface area contributed by atoms with Gasteiger partial charge in [-0.2, -0.15) is 0 Å². The molecule has 126 valence electrons. The molecule has 1 aliphatic heterocycles. The zero-order chi connectivity index (χ0) is 17.1. The number of likely N-dealkylation sites (tertiary alicyclic amines) is 1. The summed E-state index contributed by atoms with van der Waals surface area (Å²) in [4.78, 5) is 27.2. The predicted molar refractivity (Wildman–Crippen MR) is 88.0 cm³/mol. The van der Waals surface area contributed by atoms with Gasteiger partial charge in [-0.15, -0.1) is 11.3 Å². The maximum Gasteiger partial charge on any atom is 0.264 e. The first-order chi connectivity index (χ1) is 11.6. The zero-order valence-corrected chi connectivity index (χ0v) is 13.6. The molecule has 1 aromatic heterocycles. The van der Waals surface area contributed by atoms with Crippen LogP contribution in [0.3, 0.4) is 0 Å². The Bertz CT molecular complexity index is 749. The number of anilines is 1. The Balaban J connectivity index is 1.75. The molecule has 1 aliphatic rings. The number of piperidine rings is 1. The van der Waals surface area contributed by atoms with E-state index in [1.165, 1.54) is 17.4 Å². The second-order valence-corrected chi connectivity index (χ2v) is 6.55. The van der Waals surface area contributed by atoms with Gasteiger partial charge in [0.15, 0.2) is 11.6 Å². The smallest absolute Gasteiger partial charge is 0.264 e. The summed E-state index contributed by atoms with van der Waals surface area (Å²) in [6, 6.07) is 6.10. The van der Waals surface area contributed by atoms with E-state index in [0.717, 1.165) is 25.0 Å². The Labute approximate surface area is 142 Å². The first-order valence-electron chi connectivity index (χ1n) is 7.66. The predicted octanol–water partition coefficient (Wildman–Crippen LogP) is 3.66. The van der Waals surface area contributed by atoms with E-state index in [2.05, 4.69) is 5.32 Å². The van der Waals surface area contributed by atoms with E-state index in [-0.39, 0.29) is 17.5 Å². The second-order valence-electron chi connectivity index (χ2n) is 5.61. The zero-order valence-electron chi connectivity index (χ0n) is 12.8. The average molecular weight is 350 g/mol.